The van der Waals surface area contributed by atoms with Crippen molar-refractivity contribution in [1.82, 2.24) is 9.55 Å². The van der Waals surface area contributed by atoms with Crippen molar-refractivity contribution >= 4 is 27.7 Å². The molecule has 0 aliphatic heterocycles. The Kier molecular flexibility index (Phi) is 4.04. The van der Waals surface area contributed by atoms with E-state index in [4.69, 9.17) is 0 Å². The monoisotopic (exact) mass is 321 g/mol. The summed E-state index contributed by atoms with van der Waals surface area (Å²) in [5, 5.41) is 0. The van der Waals surface area contributed by atoms with E-state index in [-0.39, 0.29) is 11.9 Å². The number of aromatic nitrogens is 2. The van der Waals surface area contributed by atoms with Crippen molar-refractivity contribution in [1.29, 1.82) is 0 Å². The van der Waals surface area contributed by atoms with Crippen LogP contribution in [-0.4, -0.2) is 22.5 Å². The van der Waals surface area contributed by atoms with Gasteiger partial charge in [0.2, 0.25) is 0 Å². The highest BCUT2D eigenvalue weighted by Gasteiger charge is 2.20. The third-order valence-corrected chi connectivity index (χ3v) is 3.32. The van der Waals surface area contributed by atoms with Crippen molar-refractivity contribution in [3.8, 4) is 0 Å². The fraction of sp³-hybridized carbons (Fsp3) is 0.286. The van der Waals surface area contributed by atoms with Crippen molar-refractivity contribution in [2.75, 3.05) is 11.9 Å². The van der Waals surface area contributed by atoms with E-state index in [1.807, 2.05) is 48.9 Å². The van der Waals surface area contributed by atoms with Crippen LogP contribution in [0.4, 0.5) is 5.82 Å². The molecule has 0 aliphatic rings. The summed E-state index contributed by atoms with van der Waals surface area (Å²) >= 11 is 3.42. The largest absolute Gasteiger partial charge is 0.340 e. The molecular formula is C14H16BrN3O. The predicted molar refractivity (Wildman–Crippen MR) is 79.5 cm³/mol. The van der Waals surface area contributed by atoms with Crippen LogP contribution >= 0.6 is 15.9 Å². The second-order valence-electron chi connectivity index (χ2n) is 4.60. The number of halogens is 1. The third kappa shape index (κ3) is 2.87. The van der Waals surface area contributed by atoms with Gasteiger partial charge in [0.05, 0.1) is 0 Å². The van der Waals surface area contributed by atoms with E-state index < -0.39 is 0 Å². The molecule has 0 fully saturated rings. The lowest BCUT2D eigenvalue weighted by Crippen LogP contribution is -2.29. The third-order valence-electron chi connectivity index (χ3n) is 2.89. The molecule has 0 N–H and O–H groups in total. The number of rotatable bonds is 3. The van der Waals surface area contributed by atoms with Gasteiger partial charge in [-0.25, -0.2) is 4.98 Å². The van der Waals surface area contributed by atoms with E-state index in [1.165, 1.54) is 0 Å². The van der Waals surface area contributed by atoms with Gasteiger partial charge in [-0.15, -0.1) is 0 Å². The molecule has 2 aromatic rings. The lowest BCUT2D eigenvalue weighted by molar-refractivity contribution is 0.0982. The van der Waals surface area contributed by atoms with E-state index >= 15 is 0 Å². The number of carbonyl (C=O) groups excluding carboxylic acids is 1. The molecule has 5 heteroatoms. The summed E-state index contributed by atoms with van der Waals surface area (Å²) in [6.07, 6.45) is 3.60. The van der Waals surface area contributed by atoms with Crippen molar-refractivity contribution in [3.05, 3.63) is 46.8 Å². The highest BCUT2D eigenvalue weighted by Crippen LogP contribution is 2.21. The Balaban J connectivity index is 2.34. The van der Waals surface area contributed by atoms with Gasteiger partial charge in [-0.1, -0.05) is 6.07 Å². The molecule has 0 aromatic carbocycles. The minimum atomic E-state index is -0.0712. The minimum Gasteiger partial charge on any atom is -0.340 e. The first-order valence-corrected chi connectivity index (χ1v) is 6.86. The molecule has 0 bridgehead atoms. The maximum absolute atomic E-state index is 12.5. The van der Waals surface area contributed by atoms with E-state index in [1.54, 1.807) is 18.1 Å². The second kappa shape index (κ2) is 5.57. The summed E-state index contributed by atoms with van der Waals surface area (Å²) in [6.45, 7) is 4.09. The van der Waals surface area contributed by atoms with Crippen molar-refractivity contribution in [3.63, 3.8) is 0 Å². The molecule has 0 saturated heterocycles. The van der Waals surface area contributed by atoms with Crippen molar-refractivity contribution < 1.29 is 4.79 Å². The minimum absolute atomic E-state index is 0.0712. The Morgan fingerprint density at radius 2 is 2.16 bits per heavy atom. The van der Waals surface area contributed by atoms with E-state index in [2.05, 4.69) is 20.9 Å². The van der Waals surface area contributed by atoms with Gasteiger partial charge in [0.25, 0.3) is 5.91 Å². The SMILES string of the molecule is CC(C)n1cc(Br)cc1C(=O)N(C)c1ccccn1. The Labute approximate surface area is 121 Å². The van der Waals surface area contributed by atoms with Gasteiger partial charge in [-0.2, -0.15) is 0 Å². The number of pyridine rings is 1. The molecule has 2 heterocycles. The highest BCUT2D eigenvalue weighted by molar-refractivity contribution is 9.10. The molecule has 2 aromatic heterocycles. The lowest BCUT2D eigenvalue weighted by atomic mass is 10.3. The van der Waals surface area contributed by atoms with Crippen molar-refractivity contribution in [2.45, 2.75) is 19.9 Å². The first-order valence-electron chi connectivity index (χ1n) is 6.07. The number of nitrogens with zero attached hydrogens (tertiary/aromatic N) is 3. The van der Waals surface area contributed by atoms with Gasteiger partial charge in [0.1, 0.15) is 11.5 Å². The van der Waals surface area contributed by atoms with Crippen LogP contribution in [0.2, 0.25) is 0 Å². The first kappa shape index (κ1) is 13.8. The summed E-state index contributed by atoms with van der Waals surface area (Å²) in [6, 6.07) is 7.57. The quantitative estimate of drug-likeness (QED) is 0.867. The number of hydrogen-bond donors (Lipinski definition) is 0. The zero-order valence-corrected chi connectivity index (χ0v) is 12.8. The van der Waals surface area contributed by atoms with Gasteiger partial charge < -0.3 is 4.57 Å². The van der Waals surface area contributed by atoms with Crippen LogP contribution in [0.15, 0.2) is 41.1 Å². The van der Waals surface area contributed by atoms with Crippen LogP contribution in [0.25, 0.3) is 0 Å². The molecule has 0 spiro atoms. The summed E-state index contributed by atoms with van der Waals surface area (Å²) in [4.78, 5) is 18.3. The molecule has 0 radical (unpaired) electrons. The Bertz CT molecular complexity index is 578. The van der Waals surface area contributed by atoms with Crippen LogP contribution < -0.4 is 4.90 Å². The lowest BCUT2D eigenvalue weighted by Gasteiger charge is -2.18. The molecular weight excluding hydrogens is 306 g/mol. The zero-order valence-electron chi connectivity index (χ0n) is 11.2. The molecule has 4 nitrogen and oxygen atoms in total. The van der Waals surface area contributed by atoms with Gasteiger partial charge in [-0.05, 0) is 48.0 Å². The highest BCUT2D eigenvalue weighted by atomic mass is 79.9. The molecule has 0 unspecified atom stereocenters. The second-order valence-corrected chi connectivity index (χ2v) is 5.51. The Morgan fingerprint density at radius 3 is 2.74 bits per heavy atom. The normalized spacial score (nSPS) is 10.8. The number of anilines is 1. The maximum atomic E-state index is 12.5. The maximum Gasteiger partial charge on any atom is 0.275 e. The summed E-state index contributed by atoms with van der Waals surface area (Å²) in [5.74, 6) is 0.568. The Hall–Kier alpha value is -1.62. The van der Waals surface area contributed by atoms with Gasteiger partial charge >= 0.3 is 0 Å². The molecule has 100 valence electrons. The molecule has 2 rings (SSSR count). The van der Waals surface area contributed by atoms with E-state index in [0.717, 1.165) is 4.47 Å². The van der Waals surface area contributed by atoms with Crippen LogP contribution in [0, 0.1) is 0 Å². The topological polar surface area (TPSA) is 38.1 Å². The smallest absolute Gasteiger partial charge is 0.275 e. The van der Waals surface area contributed by atoms with E-state index in [0.29, 0.717) is 11.5 Å². The van der Waals surface area contributed by atoms with Gasteiger partial charge in [0, 0.05) is 30.0 Å². The standard InChI is InChI=1S/C14H16BrN3O/c1-10(2)18-9-11(15)8-12(18)14(19)17(3)13-6-4-5-7-16-13/h4-10H,1-3H3. The van der Waals surface area contributed by atoms with Crippen LogP contribution in [0.3, 0.4) is 0 Å². The van der Waals surface area contributed by atoms with Gasteiger partial charge in [0.15, 0.2) is 0 Å². The van der Waals surface area contributed by atoms with Crippen LogP contribution in [0.5, 0.6) is 0 Å². The zero-order chi connectivity index (χ0) is 14.0. The van der Waals surface area contributed by atoms with Gasteiger partial charge in [-0.3, -0.25) is 9.69 Å². The molecule has 0 aliphatic carbocycles. The van der Waals surface area contributed by atoms with E-state index in [9.17, 15) is 4.79 Å². The van der Waals surface area contributed by atoms with Crippen LogP contribution in [0.1, 0.15) is 30.4 Å². The molecule has 19 heavy (non-hydrogen) atoms. The first-order chi connectivity index (χ1) is 9.00. The van der Waals surface area contributed by atoms with Crippen LogP contribution in [-0.2, 0) is 0 Å². The summed E-state index contributed by atoms with van der Waals surface area (Å²) < 4.78 is 2.85. The average Bonchev–Trinajstić information content (AvgIpc) is 2.80. The summed E-state index contributed by atoms with van der Waals surface area (Å²) in [7, 11) is 1.73. The molecule has 0 atom stereocenters. The number of hydrogen-bond acceptors (Lipinski definition) is 2. The van der Waals surface area contributed by atoms with Crippen molar-refractivity contribution in [2.24, 2.45) is 0 Å². The molecule has 0 saturated carbocycles. The number of carbonyl (C=O) groups is 1. The fourth-order valence-corrected chi connectivity index (χ4v) is 2.31. The fourth-order valence-electron chi connectivity index (χ4n) is 1.87. The summed E-state index contributed by atoms with van der Waals surface area (Å²) in [5.41, 5.74) is 0.648. The molecule has 1 amide bonds. The Morgan fingerprint density at radius 1 is 1.42 bits per heavy atom. The average molecular weight is 322 g/mol. The predicted octanol–water partition coefficient (Wildman–Crippen LogP) is 3.50. The number of amides is 1.